The van der Waals surface area contributed by atoms with Gasteiger partial charge in [0, 0.05) is 10.9 Å². The van der Waals surface area contributed by atoms with Gasteiger partial charge in [-0.15, -0.1) is 0 Å². The molecule has 5 nitrogen and oxygen atoms in total. The molecule has 3 rings (SSSR count). The van der Waals surface area contributed by atoms with Crippen LogP contribution in [-0.4, -0.2) is 14.2 Å². The van der Waals surface area contributed by atoms with Gasteiger partial charge in [0.05, 0.1) is 10.6 Å². The summed E-state index contributed by atoms with van der Waals surface area (Å²) in [6.45, 7) is 0. The molecule has 0 atom stereocenters. The minimum atomic E-state index is -4.01. The monoisotopic (exact) mass is 335 g/mol. The first-order valence-electron chi connectivity index (χ1n) is 6.21. The Bertz CT molecular complexity index is 992. The van der Waals surface area contributed by atoms with Crippen LogP contribution in [0.4, 0.5) is 0 Å². The molecule has 0 saturated heterocycles. The Kier molecular flexibility index (Phi) is 3.52. The number of benzene rings is 2. The average molecular weight is 336 g/mol. The van der Waals surface area contributed by atoms with Crippen molar-refractivity contribution in [3.63, 3.8) is 0 Å². The molecular formula is C15H10ClNO4S. The second-order valence-corrected chi connectivity index (χ2v) is 6.60. The number of halogens is 1. The van der Waals surface area contributed by atoms with Gasteiger partial charge in [0.2, 0.25) is 10.0 Å². The lowest BCUT2D eigenvalue weighted by Crippen LogP contribution is -2.14. The van der Waals surface area contributed by atoms with E-state index in [9.17, 15) is 13.2 Å². The standard InChI is InChI=1S/C15H10ClNO4S/c16-12-6-5-9(7-14(12)22(17,19)20)15(18)11-8-21-13-4-2-1-3-10(11)13/h1-8H,(H2,17,19,20). The minimum absolute atomic E-state index is 0.0314. The van der Waals surface area contributed by atoms with E-state index in [1.54, 1.807) is 24.3 Å². The number of rotatable bonds is 3. The van der Waals surface area contributed by atoms with Crippen molar-refractivity contribution in [2.45, 2.75) is 4.90 Å². The van der Waals surface area contributed by atoms with Gasteiger partial charge in [0.1, 0.15) is 16.7 Å². The number of carbonyl (C=O) groups is 1. The Morgan fingerprint density at radius 3 is 2.59 bits per heavy atom. The van der Waals surface area contributed by atoms with Gasteiger partial charge in [0.15, 0.2) is 5.78 Å². The van der Waals surface area contributed by atoms with Gasteiger partial charge in [0.25, 0.3) is 0 Å². The van der Waals surface area contributed by atoms with Gasteiger partial charge in [-0.3, -0.25) is 4.79 Å². The van der Waals surface area contributed by atoms with Gasteiger partial charge in [-0.05, 0) is 24.3 Å². The van der Waals surface area contributed by atoms with Crippen LogP contribution in [0, 0.1) is 0 Å². The van der Waals surface area contributed by atoms with Crippen molar-refractivity contribution >= 4 is 38.4 Å². The Labute approximate surface area is 131 Å². The summed E-state index contributed by atoms with van der Waals surface area (Å²) in [6, 6.07) is 11.0. The van der Waals surface area contributed by atoms with E-state index < -0.39 is 10.0 Å². The maximum atomic E-state index is 12.6. The van der Waals surface area contributed by atoms with Crippen molar-refractivity contribution in [1.29, 1.82) is 0 Å². The van der Waals surface area contributed by atoms with E-state index in [2.05, 4.69) is 0 Å². The Hall–Kier alpha value is -2.15. The molecular weight excluding hydrogens is 326 g/mol. The maximum Gasteiger partial charge on any atom is 0.239 e. The van der Waals surface area contributed by atoms with Crippen molar-refractivity contribution in [2.24, 2.45) is 5.14 Å². The van der Waals surface area contributed by atoms with Crippen LogP contribution in [0.2, 0.25) is 5.02 Å². The van der Waals surface area contributed by atoms with Gasteiger partial charge in [-0.25, -0.2) is 13.6 Å². The summed E-state index contributed by atoms with van der Waals surface area (Å²) in [5.41, 5.74) is 1.09. The molecule has 2 aromatic carbocycles. The Morgan fingerprint density at radius 2 is 1.86 bits per heavy atom. The Balaban J connectivity index is 2.14. The fourth-order valence-corrected chi connectivity index (χ4v) is 3.24. The molecule has 0 aliphatic carbocycles. The number of ketones is 1. The number of hydrogen-bond acceptors (Lipinski definition) is 4. The van der Waals surface area contributed by atoms with Crippen LogP contribution in [-0.2, 0) is 10.0 Å². The molecule has 0 aliphatic heterocycles. The highest BCUT2D eigenvalue weighted by molar-refractivity contribution is 7.89. The molecule has 0 spiro atoms. The van der Waals surface area contributed by atoms with E-state index in [1.807, 2.05) is 0 Å². The SMILES string of the molecule is NS(=O)(=O)c1cc(C(=O)c2coc3ccccc23)ccc1Cl. The van der Waals surface area contributed by atoms with Gasteiger partial charge >= 0.3 is 0 Å². The molecule has 0 unspecified atom stereocenters. The van der Waals surface area contributed by atoms with Crippen molar-refractivity contribution < 1.29 is 17.6 Å². The number of furan rings is 1. The first-order valence-corrected chi connectivity index (χ1v) is 8.13. The maximum absolute atomic E-state index is 12.6. The molecule has 112 valence electrons. The van der Waals surface area contributed by atoms with E-state index in [4.69, 9.17) is 21.2 Å². The number of nitrogens with two attached hydrogens (primary N) is 1. The number of para-hydroxylation sites is 1. The summed E-state index contributed by atoms with van der Waals surface area (Å²) in [6.07, 6.45) is 1.35. The average Bonchev–Trinajstić information content (AvgIpc) is 2.89. The summed E-state index contributed by atoms with van der Waals surface area (Å²) < 4.78 is 28.3. The first-order chi connectivity index (χ1) is 10.4. The van der Waals surface area contributed by atoms with Gasteiger partial charge in [-0.1, -0.05) is 29.8 Å². The van der Waals surface area contributed by atoms with Crippen molar-refractivity contribution in [3.8, 4) is 0 Å². The molecule has 3 aromatic rings. The van der Waals surface area contributed by atoms with Crippen molar-refractivity contribution in [1.82, 2.24) is 0 Å². The summed E-state index contributed by atoms with van der Waals surface area (Å²) in [5.74, 6) is -0.369. The number of carbonyl (C=O) groups excluding carboxylic acids is 1. The van der Waals surface area contributed by atoms with Gasteiger partial charge < -0.3 is 4.42 Å². The molecule has 0 radical (unpaired) electrons. The van der Waals surface area contributed by atoms with Crippen LogP contribution in [0.3, 0.4) is 0 Å². The van der Waals surface area contributed by atoms with Crippen LogP contribution < -0.4 is 5.14 Å². The van der Waals surface area contributed by atoms with Crippen LogP contribution in [0.15, 0.2) is 58.0 Å². The summed E-state index contributed by atoms with van der Waals surface area (Å²) in [7, 11) is -4.01. The predicted molar refractivity (Wildman–Crippen MR) is 82.5 cm³/mol. The zero-order valence-corrected chi connectivity index (χ0v) is 12.7. The van der Waals surface area contributed by atoms with E-state index in [0.717, 1.165) is 0 Å². The fraction of sp³-hybridized carbons (Fsp3) is 0. The second kappa shape index (κ2) is 5.24. The summed E-state index contributed by atoms with van der Waals surface area (Å²) >= 11 is 5.82. The van der Waals surface area contributed by atoms with E-state index in [-0.39, 0.29) is 21.3 Å². The molecule has 1 heterocycles. The molecule has 2 N–H and O–H groups in total. The lowest BCUT2D eigenvalue weighted by molar-refractivity contribution is 0.103. The summed E-state index contributed by atoms with van der Waals surface area (Å²) in [4.78, 5) is 12.3. The number of fused-ring (bicyclic) bond motifs is 1. The second-order valence-electron chi connectivity index (χ2n) is 4.66. The van der Waals surface area contributed by atoms with Crippen LogP contribution in [0.1, 0.15) is 15.9 Å². The first kappa shape index (κ1) is 14.8. The largest absolute Gasteiger partial charge is 0.464 e. The zero-order chi connectivity index (χ0) is 15.9. The molecule has 0 saturated carbocycles. The van der Waals surface area contributed by atoms with E-state index >= 15 is 0 Å². The highest BCUT2D eigenvalue weighted by atomic mass is 35.5. The molecule has 0 bridgehead atoms. The van der Waals surface area contributed by atoms with E-state index in [0.29, 0.717) is 16.5 Å². The summed E-state index contributed by atoms with van der Waals surface area (Å²) in [5, 5.41) is 5.71. The molecule has 1 aromatic heterocycles. The highest BCUT2D eigenvalue weighted by Crippen LogP contribution is 2.26. The molecule has 0 amide bonds. The topological polar surface area (TPSA) is 90.4 Å². The van der Waals surface area contributed by atoms with Crippen LogP contribution in [0.5, 0.6) is 0 Å². The highest BCUT2D eigenvalue weighted by Gasteiger charge is 2.19. The number of primary sulfonamides is 1. The molecule has 7 heteroatoms. The molecule has 0 fully saturated rings. The lowest BCUT2D eigenvalue weighted by Gasteiger charge is -2.05. The van der Waals surface area contributed by atoms with Crippen LogP contribution >= 0.6 is 11.6 Å². The smallest absolute Gasteiger partial charge is 0.239 e. The molecule has 22 heavy (non-hydrogen) atoms. The zero-order valence-electron chi connectivity index (χ0n) is 11.1. The third-order valence-corrected chi connectivity index (χ3v) is 4.62. The lowest BCUT2D eigenvalue weighted by atomic mass is 10.0. The predicted octanol–water partition coefficient (Wildman–Crippen LogP) is 2.96. The third-order valence-electron chi connectivity index (χ3n) is 3.23. The number of sulfonamides is 1. The molecule has 0 aliphatic rings. The van der Waals surface area contributed by atoms with Crippen molar-refractivity contribution in [2.75, 3.05) is 0 Å². The van der Waals surface area contributed by atoms with Crippen molar-refractivity contribution in [3.05, 3.63) is 64.9 Å². The van der Waals surface area contributed by atoms with E-state index in [1.165, 1.54) is 24.5 Å². The number of hydrogen-bond donors (Lipinski definition) is 1. The Morgan fingerprint density at radius 1 is 1.14 bits per heavy atom. The quantitative estimate of drug-likeness (QED) is 0.745. The third kappa shape index (κ3) is 2.52. The van der Waals surface area contributed by atoms with Crippen LogP contribution in [0.25, 0.3) is 11.0 Å². The van der Waals surface area contributed by atoms with Gasteiger partial charge in [-0.2, -0.15) is 0 Å². The normalized spacial score (nSPS) is 11.7. The fourth-order valence-electron chi connectivity index (χ4n) is 2.17. The minimum Gasteiger partial charge on any atom is -0.464 e.